The fourth-order valence-electron chi connectivity index (χ4n) is 2.88. The molecule has 2 rings (SSSR count). The average molecular weight is 367 g/mol. The molecule has 0 saturated heterocycles. The topological polar surface area (TPSA) is 98.8 Å². The van der Waals surface area contributed by atoms with Gasteiger partial charge in [-0.15, -0.1) is 11.3 Å². The van der Waals surface area contributed by atoms with E-state index in [4.69, 9.17) is 9.47 Å². The van der Waals surface area contributed by atoms with Crippen molar-refractivity contribution in [3.8, 4) is 0 Å². The van der Waals surface area contributed by atoms with Gasteiger partial charge in [0, 0.05) is 12.8 Å². The highest BCUT2D eigenvalue weighted by atomic mass is 32.1. The molecule has 1 N–H and O–H groups in total. The molecule has 25 heavy (non-hydrogen) atoms. The number of ketones is 1. The van der Waals surface area contributed by atoms with Gasteiger partial charge in [0.15, 0.2) is 11.7 Å². The number of anilines is 1. The third-order valence-electron chi connectivity index (χ3n) is 3.88. The molecule has 1 unspecified atom stereocenters. The van der Waals surface area contributed by atoms with E-state index < -0.39 is 23.8 Å². The molecule has 0 aliphatic heterocycles. The summed E-state index contributed by atoms with van der Waals surface area (Å²) in [6.45, 7) is 4.90. The first-order chi connectivity index (χ1) is 11.9. The maximum Gasteiger partial charge on any atom is 0.321 e. The lowest BCUT2D eigenvalue weighted by Crippen LogP contribution is -2.40. The number of hydrogen-bond donors (Lipinski definition) is 1. The van der Waals surface area contributed by atoms with Gasteiger partial charge in [0.1, 0.15) is 0 Å². The van der Waals surface area contributed by atoms with Crippen molar-refractivity contribution in [2.75, 3.05) is 18.5 Å². The lowest BCUT2D eigenvalue weighted by Gasteiger charge is -2.26. The molecule has 1 atom stereocenters. The van der Waals surface area contributed by atoms with E-state index in [-0.39, 0.29) is 24.9 Å². The Morgan fingerprint density at radius 3 is 2.36 bits per heavy atom. The summed E-state index contributed by atoms with van der Waals surface area (Å²) in [5.41, 5.74) is 0.821. The van der Waals surface area contributed by atoms with E-state index in [1.54, 1.807) is 19.9 Å². The summed E-state index contributed by atoms with van der Waals surface area (Å²) >= 11 is 1.16. The van der Waals surface area contributed by atoms with Gasteiger partial charge in [-0.3, -0.25) is 19.2 Å². The van der Waals surface area contributed by atoms with Gasteiger partial charge >= 0.3 is 11.9 Å². The minimum absolute atomic E-state index is 0.118. The maximum atomic E-state index is 12.9. The monoisotopic (exact) mass is 367 g/mol. The molecular formula is C17H21NO6S. The van der Waals surface area contributed by atoms with Crippen molar-refractivity contribution in [2.24, 2.45) is 11.8 Å². The first-order valence-electron chi connectivity index (χ1n) is 8.16. The number of hydrogen-bond acceptors (Lipinski definition) is 7. The molecule has 0 bridgehead atoms. The van der Waals surface area contributed by atoms with Crippen molar-refractivity contribution < 1.29 is 28.7 Å². The van der Waals surface area contributed by atoms with Crippen LogP contribution in [0.25, 0.3) is 0 Å². The van der Waals surface area contributed by atoms with Crippen LogP contribution in [0.3, 0.4) is 0 Å². The molecule has 0 radical (unpaired) electrons. The molecule has 136 valence electrons. The fourth-order valence-corrected chi connectivity index (χ4v) is 4.04. The van der Waals surface area contributed by atoms with Gasteiger partial charge in [0.25, 0.3) is 0 Å². The molecule has 1 aromatic rings. The number of fused-ring (bicyclic) bond motifs is 1. The molecular weight excluding hydrogens is 346 g/mol. The van der Waals surface area contributed by atoms with E-state index in [1.165, 1.54) is 6.92 Å². The predicted molar refractivity (Wildman–Crippen MR) is 91.5 cm³/mol. The quantitative estimate of drug-likeness (QED) is 0.611. The predicted octanol–water partition coefficient (Wildman–Crippen LogP) is 2.19. The maximum absolute atomic E-state index is 12.9. The van der Waals surface area contributed by atoms with E-state index >= 15 is 0 Å². The third-order valence-corrected chi connectivity index (χ3v) is 4.98. The van der Waals surface area contributed by atoms with Gasteiger partial charge < -0.3 is 14.8 Å². The number of aryl methyl sites for hydroxylation is 1. The Balaban J connectivity index is 2.29. The zero-order chi connectivity index (χ0) is 18.6. The summed E-state index contributed by atoms with van der Waals surface area (Å²) in [6, 6.07) is 1.76. The lowest BCUT2D eigenvalue weighted by atomic mass is 9.79. The van der Waals surface area contributed by atoms with E-state index in [2.05, 4.69) is 5.32 Å². The van der Waals surface area contributed by atoms with E-state index in [0.717, 1.165) is 16.9 Å². The minimum atomic E-state index is -1.26. The van der Waals surface area contributed by atoms with Crippen LogP contribution < -0.4 is 5.32 Å². The number of thiophene rings is 1. The summed E-state index contributed by atoms with van der Waals surface area (Å²) < 4.78 is 9.95. The molecule has 1 heterocycles. The van der Waals surface area contributed by atoms with Crippen molar-refractivity contribution in [3.05, 3.63) is 16.5 Å². The zero-order valence-electron chi connectivity index (χ0n) is 14.4. The van der Waals surface area contributed by atoms with Gasteiger partial charge in [-0.1, -0.05) is 0 Å². The SMILES string of the molecule is CCOC(=O)C(C(=O)OCC)C1CCc2cc(NC(C)=O)sc2C1=O. The second-order valence-electron chi connectivity index (χ2n) is 5.64. The van der Waals surface area contributed by atoms with Gasteiger partial charge in [-0.25, -0.2) is 0 Å². The Morgan fingerprint density at radius 2 is 1.84 bits per heavy atom. The second-order valence-corrected chi connectivity index (χ2v) is 6.69. The van der Waals surface area contributed by atoms with Crippen molar-refractivity contribution >= 4 is 40.0 Å². The average Bonchev–Trinajstić information content (AvgIpc) is 2.93. The number of Topliss-reactive ketones (excluding diaryl/α,β-unsaturated/α-hetero) is 1. The highest BCUT2D eigenvalue weighted by Crippen LogP contribution is 2.38. The van der Waals surface area contributed by atoms with E-state index in [9.17, 15) is 19.2 Å². The molecule has 0 spiro atoms. The van der Waals surface area contributed by atoms with Crippen molar-refractivity contribution in [1.82, 2.24) is 0 Å². The number of carbonyl (C=O) groups is 4. The molecule has 1 aliphatic carbocycles. The number of amides is 1. The Morgan fingerprint density at radius 1 is 1.24 bits per heavy atom. The van der Waals surface area contributed by atoms with Crippen molar-refractivity contribution in [3.63, 3.8) is 0 Å². The van der Waals surface area contributed by atoms with Crippen molar-refractivity contribution in [2.45, 2.75) is 33.6 Å². The van der Waals surface area contributed by atoms with Crippen LogP contribution in [-0.2, 0) is 30.3 Å². The smallest absolute Gasteiger partial charge is 0.321 e. The van der Waals surface area contributed by atoms with Crippen LogP contribution in [0.15, 0.2) is 6.07 Å². The van der Waals surface area contributed by atoms with Gasteiger partial charge in [0.05, 0.1) is 23.1 Å². The summed E-state index contributed by atoms with van der Waals surface area (Å²) in [5, 5.41) is 3.24. The van der Waals surface area contributed by atoms with Crippen LogP contribution in [0.5, 0.6) is 0 Å². The van der Waals surface area contributed by atoms with Gasteiger partial charge in [0.2, 0.25) is 5.91 Å². The highest BCUT2D eigenvalue weighted by molar-refractivity contribution is 7.18. The summed E-state index contributed by atoms with van der Waals surface area (Å²) in [5.74, 6) is -4.04. The van der Waals surface area contributed by atoms with E-state index in [1.807, 2.05) is 0 Å². The minimum Gasteiger partial charge on any atom is -0.465 e. The standard InChI is InChI=1S/C17H21NO6S/c1-4-23-16(21)13(17(22)24-5-2)11-7-6-10-8-12(18-9(3)19)25-15(10)14(11)20/h8,11,13H,4-7H2,1-3H3,(H,18,19). The normalized spacial score (nSPS) is 16.3. The number of carbonyl (C=O) groups excluding carboxylic acids is 4. The summed E-state index contributed by atoms with van der Waals surface area (Å²) in [6.07, 6.45) is 0.890. The molecule has 1 aromatic heterocycles. The Kier molecular flexibility index (Phi) is 6.30. The molecule has 8 heteroatoms. The van der Waals surface area contributed by atoms with Crippen LogP contribution in [0.4, 0.5) is 5.00 Å². The van der Waals surface area contributed by atoms with Crippen LogP contribution in [0.2, 0.25) is 0 Å². The zero-order valence-corrected chi connectivity index (χ0v) is 15.2. The Labute approximate surface area is 149 Å². The van der Waals surface area contributed by atoms with Gasteiger partial charge in [-0.05, 0) is 38.3 Å². The molecule has 1 amide bonds. The third kappa shape index (κ3) is 4.25. The number of rotatable bonds is 6. The molecule has 0 aromatic carbocycles. The molecule has 0 fully saturated rings. The van der Waals surface area contributed by atoms with Crippen molar-refractivity contribution in [1.29, 1.82) is 0 Å². The number of esters is 2. The highest BCUT2D eigenvalue weighted by Gasteiger charge is 2.44. The van der Waals surface area contributed by atoms with Crippen LogP contribution >= 0.6 is 11.3 Å². The number of nitrogens with one attached hydrogen (secondary N) is 1. The lowest BCUT2D eigenvalue weighted by molar-refractivity contribution is -0.163. The Bertz CT molecular complexity index is 677. The Hall–Kier alpha value is -2.22. The van der Waals surface area contributed by atoms with E-state index in [0.29, 0.717) is 22.7 Å². The first kappa shape index (κ1) is 19.1. The molecule has 7 nitrogen and oxygen atoms in total. The second kappa shape index (κ2) is 8.24. The molecule has 1 aliphatic rings. The summed E-state index contributed by atoms with van der Waals surface area (Å²) in [4.78, 5) is 49.0. The van der Waals surface area contributed by atoms with Gasteiger partial charge in [-0.2, -0.15) is 0 Å². The van der Waals surface area contributed by atoms with Crippen LogP contribution in [-0.4, -0.2) is 36.8 Å². The number of ether oxygens (including phenoxy) is 2. The van der Waals surface area contributed by atoms with Crippen LogP contribution in [0.1, 0.15) is 42.4 Å². The van der Waals surface area contributed by atoms with Crippen LogP contribution in [0, 0.1) is 11.8 Å². The summed E-state index contributed by atoms with van der Waals surface area (Å²) in [7, 11) is 0. The molecule has 0 saturated carbocycles. The largest absolute Gasteiger partial charge is 0.465 e. The fraction of sp³-hybridized carbons (Fsp3) is 0.529. The first-order valence-corrected chi connectivity index (χ1v) is 8.98.